The molecule has 110 valence electrons. The van der Waals surface area contributed by atoms with Gasteiger partial charge in [0, 0.05) is 16.0 Å². The molecule has 0 saturated heterocycles. The summed E-state index contributed by atoms with van der Waals surface area (Å²) in [4.78, 5) is 15.5. The minimum atomic E-state index is -0.344. The number of pyridine rings is 1. The Morgan fingerprint density at radius 1 is 1.10 bits per heavy atom. The topological polar surface area (TPSA) is 48.4 Å². The van der Waals surface area contributed by atoms with E-state index in [0.717, 1.165) is 16.4 Å². The lowest BCUT2D eigenvalue weighted by Crippen LogP contribution is -2.15. The summed E-state index contributed by atoms with van der Waals surface area (Å²) >= 11 is 2.21. The fourth-order valence-corrected chi connectivity index (χ4v) is 2.09. The number of benzene rings is 1. The number of halogens is 1. The minimum Gasteiger partial charge on any atom is -0.482 e. The van der Waals surface area contributed by atoms with E-state index in [-0.39, 0.29) is 12.6 Å². The summed E-state index contributed by atoms with van der Waals surface area (Å²) in [6, 6.07) is 11.4. The fourth-order valence-electron chi connectivity index (χ4n) is 1.73. The maximum atomic E-state index is 11.5. The summed E-state index contributed by atoms with van der Waals surface area (Å²) in [7, 11) is 0. The van der Waals surface area contributed by atoms with Crippen LogP contribution in [0.15, 0.2) is 48.8 Å². The Hall–Kier alpha value is -1.63. The third-order valence-corrected chi connectivity index (χ3v) is 3.51. The van der Waals surface area contributed by atoms with E-state index in [4.69, 9.17) is 9.47 Å². The van der Waals surface area contributed by atoms with Crippen LogP contribution in [0.4, 0.5) is 0 Å². The van der Waals surface area contributed by atoms with E-state index in [0.29, 0.717) is 12.4 Å². The van der Waals surface area contributed by atoms with Gasteiger partial charge in [-0.2, -0.15) is 0 Å². The zero-order valence-electron chi connectivity index (χ0n) is 11.5. The van der Waals surface area contributed by atoms with Crippen molar-refractivity contribution in [3.8, 4) is 5.75 Å². The zero-order chi connectivity index (χ0) is 14.9. The van der Waals surface area contributed by atoms with Gasteiger partial charge in [-0.05, 0) is 77.4 Å². The van der Waals surface area contributed by atoms with Crippen LogP contribution in [0.1, 0.15) is 12.0 Å². The van der Waals surface area contributed by atoms with Crippen LogP contribution in [-0.4, -0.2) is 24.2 Å². The second-order valence-corrected chi connectivity index (χ2v) is 5.67. The third kappa shape index (κ3) is 6.12. The summed E-state index contributed by atoms with van der Waals surface area (Å²) in [6.07, 6.45) is 5.18. The van der Waals surface area contributed by atoms with Gasteiger partial charge in [0.25, 0.3) is 0 Å². The smallest absolute Gasteiger partial charge is 0.344 e. The van der Waals surface area contributed by atoms with Gasteiger partial charge in [0.15, 0.2) is 6.61 Å². The van der Waals surface area contributed by atoms with Crippen molar-refractivity contribution in [2.45, 2.75) is 12.8 Å². The Kier molecular flexibility index (Phi) is 6.46. The lowest BCUT2D eigenvalue weighted by Gasteiger charge is -2.07. The van der Waals surface area contributed by atoms with Crippen molar-refractivity contribution < 1.29 is 14.3 Å². The lowest BCUT2D eigenvalue weighted by atomic mass is 10.1. The minimum absolute atomic E-state index is 0.0597. The highest BCUT2D eigenvalue weighted by Gasteiger charge is 2.04. The van der Waals surface area contributed by atoms with E-state index in [9.17, 15) is 4.79 Å². The van der Waals surface area contributed by atoms with Crippen LogP contribution in [0, 0.1) is 3.57 Å². The van der Waals surface area contributed by atoms with Crippen molar-refractivity contribution in [1.82, 2.24) is 4.98 Å². The Labute approximate surface area is 137 Å². The van der Waals surface area contributed by atoms with Gasteiger partial charge >= 0.3 is 5.97 Å². The van der Waals surface area contributed by atoms with Crippen LogP contribution in [-0.2, 0) is 16.0 Å². The van der Waals surface area contributed by atoms with Gasteiger partial charge in [-0.15, -0.1) is 0 Å². The second kappa shape index (κ2) is 8.61. The van der Waals surface area contributed by atoms with Crippen LogP contribution in [0.5, 0.6) is 5.75 Å². The predicted octanol–water partition coefficient (Wildman–Crippen LogP) is 3.24. The first-order chi connectivity index (χ1) is 10.2. The molecule has 0 fully saturated rings. The Morgan fingerprint density at radius 2 is 1.81 bits per heavy atom. The van der Waals surface area contributed by atoms with E-state index in [2.05, 4.69) is 27.6 Å². The van der Waals surface area contributed by atoms with Gasteiger partial charge in [-0.3, -0.25) is 4.98 Å². The molecule has 0 radical (unpaired) electrons. The molecule has 2 aromatic rings. The van der Waals surface area contributed by atoms with Gasteiger partial charge in [0.2, 0.25) is 0 Å². The van der Waals surface area contributed by atoms with E-state index >= 15 is 0 Å². The quantitative estimate of drug-likeness (QED) is 0.409. The molecule has 0 aliphatic carbocycles. The number of nitrogens with zero attached hydrogens (tertiary/aromatic N) is 1. The van der Waals surface area contributed by atoms with Gasteiger partial charge in [-0.1, -0.05) is 0 Å². The highest BCUT2D eigenvalue weighted by Crippen LogP contribution is 2.13. The Bertz CT molecular complexity index is 557. The maximum Gasteiger partial charge on any atom is 0.344 e. The van der Waals surface area contributed by atoms with Crippen LogP contribution in [0.25, 0.3) is 0 Å². The number of aryl methyl sites for hydroxylation is 1. The van der Waals surface area contributed by atoms with E-state index in [1.165, 1.54) is 5.56 Å². The largest absolute Gasteiger partial charge is 0.482 e. The fraction of sp³-hybridized carbons (Fsp3) is 0.250. The molecule has 1 heterocycles. The molecule has 0 atom stereocenters. The van der Waals surface area contributed by atoms with Crippen LogP contribution in [0.2, 0.25) is 0 Å². The van der Waals surface area contributed by atoms with Gasteiger partial charge in [0.05, 0.1) is 6.61 Å². The first-order valence-corrected chi connectivity index (χ1v) is 7.75. The van der Waals surface area contributed by atoms with Crippen molar-refractivity contribution in [1.29, 1.82) is 0 Å². The molecule has 1 aromatic carbocycles. The molecule has 0 amide bonds. The zero-order valence-corrected chi connectivity index (χ0v) is 13.7. The molecule has 0 N–H and O–H groups in total. The maximum absolute atomic E-state index is 11.5. The molecule has 2 rings (SSSR count). The molecule has 0 aliphatic heterocycles. The third-order valence-electron chi connectivity index (χ3n) is 2.79. The van der Waals surface area contributed by atoms with Crippen molar-refractivity contribution >= 4 is 28.6 Å². The Morgan fingerprint density at radius 3 is 2.52 bits per heavy atom. The lowest BCUT2D eigenvalue weighted by molar-refractivity contribution is -0.146. The molecule has 5 heteroatoms. The number of esters is 1. The normalized spacial score (nSPS) is 10.1. The van der Waals surface area contributed by atoms with Crippen LogP contribution < -0.4 is 4.74 Å². The monoisotopic (exact) mass is 397 g/mol. The van der Waals surface area contributed by atoms with E-state index in [1.54, 1.807) is 12.4 Å². The first kappa shape index (κ1) is 15.8. The molecular weight excluding hydrogens is 381 g/mol. The van der Waals surface area contributed by atoms with Crippen LogP contribution >= 0.6 is 22.6 Å². The van der Waals surface area contributed by atoms with Gasteiger partial charge < -0.3 is 9.47 Å². The van der Waals surface area contributed by atoms with Gasteiger partial charge in [-0.25, -0.2) is 4.79 Å². The number of ether oxygens (including phenoxy) is 2. The van der Waals surface area contributed by atoms with Crippen LogP contribution in [0.3, 0.4) is 0 Å². The molecule has 1 aromatic heterocycles. The van der Waals surface area contributed by atoms with Crippen molar-refractivity contribution in [2.24, 2.45) is 0 Å². The molecule has 0 bridgehead atoms. The van der Waals surface area contributed by atoms with E-state index < -0.39 is 0 Å². The molecule has 0 aliphatic rings. The van der Waals surface area contributed by atoms with Crippen molar-refractivity contribution in [3.05, 3.63) is 57.9 Å². The highest BCUT2D eigenvalue weighted by atomic mass is 127. The average Bonchev–Trinajstić information content (AvgIpc) is 2.52. The summed E-state index contributed by atoms with van der Waals surface area (Å²) < 4.78 is 11.6. The SMILES string of the molecule is O=C(COc1ccc(I)cc1)OCCCc1ccncc1. The number of carbonyl (C=O) groups excluding carboxylic acids is 1. The first-order valence-electron chi connectivity index (χ1n) is 6.67. The number of aromatic nitrogens is 1. The summed E-state index contributed by atoms with van der Waals surface area (Å²) in [5.41, 5.74) is 1.19. The van der Waals surface area contributed by atoms with Gasteiger partial charge in [0.1, 0.15) is 5.75 Å². The molecule has 21 heavy (non-hydrogen) atoms. The summed E-state index contributed by atoms with van der Waals surface area (Å²) in [5.74, 6) is 0.326. The predicted molar refractivity (Wildman–Crippen MR) is 88.2 cm³/mol. The number of carbonyl (C=O) groups is 1. The standard InChI is InChI=1S/C16H16INO3/c17-14-3-5-15(6-4-14)21-12-16(19)20-11-1-2-13-7-9-18-10-8-13/h3-10H,1-2,11-12H2. The summed E-state index contributed by atoms with van der Waals surface area (Å²) in [5, 5.41) is 0. The number of rotatable bonds is 7. The molecule has 4 nitrogen and oxygen atoms in total. The van der Waals surface area contributed by atoms with Crippen molar-refractivity contribution in [2.75, 3.05) is 13.2 Å². The number of hydrogen-bond donors (Lipinski definition) is 0. The van der Waals surface area contributed by atoms with Crippen molar-refractivity contribution in [3.63, 3.8) is 0 Å². The molecule has 0 saturated carbocycles. The highest BCUT2D eigenvalue weighted by molar-refractivity contribution is 14.1. The number of hydrogen-bond acceptors (Lipinski definition) is 4. The molecular formula is C16H16INO3. The summed E-state index contributed by atoms with van der Waals surface area (Å²) in [6.45, 7) is 0.340. The average molecular weight is 397 g/mol. The second-order valence-electron chi connectivity index (χ2n) is 4.42. The molecule has 0 unspecified atom stereocenters. The Balaban J connectivity index is 1.60. The van der Waals surface area contributed by atoms with E-state index in [1.807, 2.05) is 36.4 Å². The molecule has 0 spiro atoms.